The molecule has 2 aromatic rings. The van der Waals surface area contributed by atoms with Gasteiger partial charge >= 0.3 is 0 Å². The smallest absolute Gasteiger partial charge is 0.242 e. The maximum absolute atomic E-state index is 12.4. The van der Waals surface area contributed by atoms with E-state index in [2.05, 4.69) is 15.5 Å². The Morgan fingerprint density at radius 3 is 2.46 bits per heavy atom. The van der Waals surface area contributed by atoms with E-state index < -0.39 is 6.04 Å². The van der Waals surface area contributed by atoms with Gasteiger partial charge in [-0.05, 0) is 5.92 Å². The minimum Gasteiger partial charge on any atom is -0.346 e. The number of carbonyl (C=O) groups is 2. The molecule has 1 aromatic heterocycles. The molecule has 10 heteroatoms. The van der Waals surface area contributed by atoms with Crippen LogP contribution in [0.2, 0.25) is 0 Å². The van der Waals surface area contributed by atoms with Crippen molar-refractivity contribution in [1.82, 2.24) is 25.0 Å². The van der Waals surface area contributed by atoms with Crippen LogP contribution in [0.15, 0.2) is 30.3 Å². The third-order valence-electron chi connectivity index (χ3n) is 4.57. The molecule has 28 heavy (non-hydrogen) atoms. The first-order valence-electron chi connectivity index (χ1n) is 8.76. The normalized spacial score (nSPS) is 13.8. The lowest BCUT2D eigenvalue weighted by atomic mass is 10.1. The van der Waals surface area contributed by atoms with Crippen LogP contribution in [-0.4, -0.2) is 50.6 Å². The van der Waals surface area contributed by atoms with E-state index >= 15 is 0 Å². The summed E-state index contributed by atoms with van der Waals surface area (Å²) in [5.74, 6) is 1.12. The zero-order chi connectivity index (χ0) is 18.7. The van der Waals surface area contributed by atoms with Gasteiger partial charge < -0.3 is 20.5 Å². The Morgan fingerprint density at radius 1 is 1.14 bits per heavy atom. The lowest BCUT2D eigenvalue weighted by Gasteiger charge is -2.28. The van der Waals surface area contributed by atoms with Gasteiger partial charge in [0.25, 0.3) is 0 Å². The zero-order valence-electron chi connectivity index (χ0n) is 15.9. The number of carbonyl (C=O) groups excluding carboxylic acids is 2. The summed E-state index contributed by atoms with van der Waals surface area (Å²) in [7, 11) is 0. The average Bonchev–Trinajstić information content (AvgIpc) is 3.08. The zero-order valence-corrected chi connectivity index (χ0v) is 17.5. The number of fused-ring (bicyclic) bond motifs is 1. The van der Waals surface area contributed by atoms with E-state index in [1.165, 1.54) is 0 Å². The van der Waals surface area contributed by atoms with Gasteiger partial charge in [0.05, 0.1) is 19.1 Å². The first kappa shape index (κ1) is 23.9. The number of hydrogen-bond acceptors (Lipinski definition) is 5. The van der Waals surface area contributed by atoms with E-state index in [0.717, 1.165) is 17.2 Å². The second-order valence-corrected chi connectivity index (χ2v) is 6.76. The highest BCUT2D eigenvalue weighted by Gasteiger charge is 2.25. The number of rotatable bonds is 5. The van der Waals surface area contributed by atoms with Crippen molar-refractivity contribution < 1.29 is 9.59 Å². The third-order valence-corrected chi connectivity index (χ3v) is 4.57. The largest absolute Gasteiger partial charge is 0.346 e. The lowest BCUT2D eigenvalue weighted by molar-refractivity contribution is -0.134. The van der Waals surface area contributed by atoms with Gasteiger partial charge in [0.15, 0.2) is 11.6 Å². The van der Waals surface area contributed by atoms with Crippen molar-refractivity contribution in [2.75, 3.05) is 13.1 Å². The van der Waals surface area contributed by atoms with Gasteiger partial charge in [-0.25, -0.2) is 0 Å². The van der Waals surface area contributed by atoms with Crippen molar-refractivity contribution in [1.29, 1.82) is 0 Å². The molecule has 3 N–H and O–H groups in total. The van der Waals surface area contributed by atoms with E-state index in [1.54, 1.807) is 4.90 Å². The summed E-state index contributed by atoms with van der Waals surface area (Å²) in [5.41, 5.74) is 6.79. The minimum absolute atomic E-state index is 0. The van der Waals surface area contributed by atoms with Gasteiger partial charge in [-0.3, -0.25) is 9.59 Å². The number of benzene rings is 1. The second-order valence-electron chi connectivity index (χ2n) is 6.76. The Balaban J connectivity index is 0.00000196. The molecule has 1 aromatic carbocycles. The Labute approximate surface area is 176 Å². The second kappa shape index (κ2) is 10.4. The molecule has 0 unspecified atom stereocenters. The summed E-state index contributed by atoms with van der Waals surface area (Å²) < 4.78 is 2.03. The van der Waals surface area contributed by atoms with Crippen LogP contribution in [0.4, 0.5) is 0 Å². The quantitative estimate of drug-likeness (QED) is 0.744. The molecule has 1 atom stereocenters. The monoisotopic (exact) mass is 428 g/mol. The molecule has 0 spiro atoms. The average molecular weight is 429 g/mol. The summed E-state index contributed by atoms with van der Waals surface area (Å²) in [5, 5.41) is 11.1. The number of nitrogens with zero attached hydrogens (tertiary/aromatic N) is 4. The van der Waals surface area contributed by atoms with E-state index in [9.17, 15) is 9.59 Å². The van der Waals surface area contributed by atoms with E-state index in [1.807, 2.05) is 48.7 Å². The minimum atomic E-state index is -0.610. The SMILES string of the molecule is CC(C)[C@H](N)C(=O)NCC(=O)N1CCn2c(nnc2-c2ccccc2)C1.Cl.Cl. The molecular formula is C18H26Cl2N6O2. The molecule has 3 rings (SSSR count). The Morgan fingerprint density at radius 2 is 1.82 bits per heavy atom. The molecule has 1 aliphatic heterocycles. The van der Waals surface area contributed by atoms with E-state index in [0.29, 0.717) is 19.6 Å². The molecular weight excluding hydrogens is 403 g/mol. The van der Waals surface area contributed by atoms with Gasteiger partial charge in [-0.1, -0.05) is 44.2 Å². The molecule has 0 radical (unpaired) electrons. The first-order valence-corrected chi connectivity index (χ1v) is 8.76. The fourth-order valence-electron chi connectivity index (χ4n) is 2.87. The third kappa shape index (κ3) is 5.21. The molecule has 0 aliphatic carbocycles. The maximum Gasteiger partial charge on any atom is 0.242 e. The summed E-state index contributed by atoms with van der Waals surface area (Å²) in [6.07, 6.45) is 0. The van der Waals surface area contributed by atoms with Crippen molar-refractivity contribution in [3.63, 3.8) is 0 Å². The molecule has 0 bridgehead atoms. The number of aromatic nitrogens is 3. The number of nitrogens with one attached hydrogen (secondary N) is 1. The van der Waals surface area contributed by atoms with Crippen molar-refractivity contribution in [2.24, 2.45) is 11.7 Å². The van der Waals surface area contributed by atoms with E-state index in [4.69, 9.17) is 5.73 Å². The number of hydrogen-bond donors (Lipinski definition) is 2. The van der Waals surface area contributed by atoms with Crippen molar-refractivity contribution in [3.05, 3.63) is 36.2 Å². The number of nitrogens with two attached hydrogens (primary N) is 1. The summed E-state index contributed by atoms with van der Waals surface area (Å²) in [4.78, 5) is 26.0. The lowest BCUT2D eigenvalue weighted by Crippen LogP contribution is -2.49. The van der Waals surface area contributed by atoms with Gasteiger partial charge in [-0.2, -0.15) is 0 Å². The Hall–Kier alpha value is -2.16. The molecule has 2 amide bonds. The van der Waals surface area contributed by atoms with Crippen molar-refractivity contribution in [3.8, 4) is 11.4 Å². The van der Waals surface area contributed by atoms with Crippen LogP contribution >= 0.6 is 24.8 Å². The fraction of sp³-hybridized carbons (Fsp3) is 0.444. The molecule has 154 valence electrons. The van der Waals surface area contributed by atoms with Crippen LogP contribution in [0, 0.1) is 5.92 Å². The molecule has 0 saturated heterocycles. The Bertz CT molecular complexity index is 797. The summed E-state index contributed by atoms with van der Waals surface area (Å²) in [6.45, 7) is 5.24. The molecule has 2 heterocycles. The Kier molecular flexibility index (Phi) is 8.87. The predicted octanol–water partition coefficient (Wildman–Crippen LogP) is 1.23. The van der Waals surface area contributed by atoms with Gasteiger partial charge in [0.2, 0.25) is 11.8 Å². The van der Waals surface area contributed by atoms with Crippen molar-refractivity contribution in [2.45, 2.75) is 33.0 Å². The number of halogens is 2. The van der Waals surface area contributed by atoms with Crippen molar-refractivity contribution >= 4 is 36.6 Å². The van der Waals surface area contributed by atoms with Crippen LogP contribution in [0.1, 0.15) is 19.7 Å². The highest BCUT2D eigenvalue weighted by atomic mass is 35.5. The fourth-order valence-corrected chi connectivity index (χ4v) is 2.87. The summed E-state index contributed by atoms with van der Waals surface area (Å²) in [6, 6.07) is 9.24. The molecule has 1 aliphatic rings. The molecule has 0 saturated carbocycles. The van der Waals surface area contributed by atoms with Crippen LogP contribution in [-0.2, 0) is 22.7 Å². The first-order chi connectivity index (χ1) is 12.5. The van der Waals surface area contributed by atoms with Gasteiger partial charge in [0.1, 0.15) is 0 Å². The van der Waals surface area contributed by atoms with Crippen LogP contribution in [0.3, 0.4) is 0 Å². The van der Waals surface area contributed by atoms with Crippen LogP contribution in [0.5, 0.6) is 0 Å². The topological polar surface area (TPSA) is 106 Å². The molecule has 0 fully saturated rings. The standard InChI is InChI=1S/C18H24N6O2.2ClH/c1-12(2)16(19)18(26)20-10-15(25)23-8-9-24-14(11-23)21-22-17(24)13-6-4-3-5-7-13;;/h3-7,12,16H,8-11,19H2,1-2H3,(H,20,26);2*1H/t16-;;/m0../s1. The van der Waals surface area contributed by atoms with E-state index in [-0.39, 0.29) is 49.1 Å². The van der Waals surface area contributed by atoms with Gasteiger partial charge in [-0.15, -0.1) is 35.0 Å². The van der Waals surface area contributed by atoms with Crippen LogP contribution in [0.25, 0.3) is 11.4 Å². The molecule has 8 nitrogen and oxygen atoms in total. The summed E-state index contributed by atoms with van der Waals surface area (Å²) >= 11 is 0. The highest BCUT2D eigenvalue weighted by Crippen LogP contribution is 2.21. The van der Waals surface area contributed by atoms with Crippen LogP contribution < -0.4 is 11.1 Å². The maximum atomic E-state index is 12.4. The highest BCUT2D eigenvalue weighted by molar-refractivity contribution is 5.87. The number of amides is 2. The van der Waals surface area contributed by atoms with Gasteiger partial charge in [0, 0.05) is 18.7 Å². The predicted molar refractivity (Wildman–Crippen MR) is 111 cm³/mol.